The van der Waals surface area contributed by atoms with Gasteiger partial charge in [0.25, 0.3) is 5.91 Å². The summed E-state index contributed by atoms with van der Waals surface area (Å²) in [6, 6.07) is 12.9. The molecule has 0 aliphatic rings. The maximum absolute atomic E-state index is 12.5. The summed E-state index contributed by atoms with van der Waals surface area (Å²) in [6.07, 6.45) is 0. The van der Waals surface area contributed by atoms with Gasteiger partial charge in [0.15, 0.2) is 0 Å². The number of nitrogens with two attached hydrogens (primary N) is 1. The Balaban J connectivity index is 2.13. The van der Waals surface area contributed by atoms with Gasteiger partial charge in [-0.3, -0.25) is 10.6 Å². The van der Waals surface area contributed by atoms with Crippen molar-refractivity contribution < 1.29 is 4.79 Å². The van der Waals surface area contributed by atoms with Crippen LogP contribution in [0.25, 0.3) is 0 Å². The average molecular weight is 304 g/mol. The molecule has 3 N–H and O–H groups in total. The molecule has 2 aromatic rings. The van der Waals surface area contributed by atoms with Crippen molar-refractivity contribution in [1.82, 2.24) is 4.90 Å². The molecule has 2 aromatic carbocycles. The van der Waals surface area contributed by atoms with Gasteiger partial charge in [0.05, 0.1) is 0 Å². The Hall–Kier alpha value is -2.04. The molecule has 1 amide bonds. The highest BCUT2D eigenvalue weighted by atomic mass is 35.5. The van der Waals surface area contributed by atoms with E-state index in [4.69, 9.17) is 17.4 Å². The van der Waals surface area contributed by atoms with E-state index >= 15 is 0 Å². The van der Waals surface area contributed by atoms with Gasteiger partial charge in [-0.1, -0.05) is 23.7 Å². The van der Waals surface area contributed by atoms with E-state index < -0.39 is 0 Å². The Morgan fingerprint density at radius 2 is 1.90 bits per heavy atom. The second-order valence-corrected chi connectivity index (χ2v) is 5.40. The van der Waals surface area contributed by atoms with E-state index in [-0.39, 0.29) is 5.91 Å². The van der Waals surface area contributed by atoms with Gasteiger partial charge < -0.3 is 10.3 Å². The Morgan fingerprint density at radius 3 is 2.48 bits per heavy atom. The van der Waals surface area contributed by atoms with E-state index in [9.17, 15) is 4.79 Å². The second-order valence-electron chi connectivity index (χ2n) is 4.96. The zero-order chi connectivity index (χ0) is 15.4. The first-order valence-electron chi connectivity index (χ1n) is 6.58. The highest BCUT2D eigenvalue weighted by molar-refractivity contribution is 6.30. The van der Waals surface area contributed by atoms with Crippen LogP contribution in [-0.2, 0) is 6.54 Å². The number of carbonyl (C=O) groups excluding carboxylic acids is 1. The van der Waals surface area contributed by atoms with Gasteiger partial charge in [0.1, 0.15) is 0 Å². The maximum atomic E-state index is 12.5. The molecular weight excluding hydrogens is 286 g/mol. The first-order chi connectivity index (χ1) is 10.0. The minimum atomic E-state index is -0.0222. The molecule has 5 heteroatoms. The third kappa shape index (κ3) is 3.74. The highest BCUT2D eigenvalue weighted by Crippen LogP contribution is 2.17. The SMILES string of the molecule is Cc1cc(NN)ccc1C(=O)N(C)Cc1ccc(Cl)cc1. The van der Waals surface area contributed by atoms with Crippen LogP contribution < -0.4 is 11.3 Å². The lowest BCUT2D eigenvalue weighted by Gasteiger charge is -2.19. The number of nitrogens with zero attached hydrogens (tertiary/aromatic N) is 1. The monoisotopic (exact) mass is 303 g/mol. The molecule has 0 aliphatic carbocycles. The lowest BCUT2D eigenvalue weighted by Crippen LogP contribution is -2.26. The summed E-state index contributed by atoms with van der Waals surface area (Å²) in [5, 5.41) is 0.688. The van der Waals surface area contributed by atoms with Crippen molar-refractivity contribution in [1.29, 1.82) is 0 Å². The number of nitrogens with one attached hydrogen (secondary N) is 1. The van der Waals surface area contributed by atoms with Crippen molar-refractivity contribution in [2.24, 2.45) is 5.84 Å². The molecule has 0 unspecified atom stereocenters. The molecule has 0 atom stereocenters. The number of hydrogen-bond acceptors (Lipinski definition) is 3. The Bertz CT molecular complexity index is 640. The van der Waals surface area contributed by atoms with Crippen LogP contribution in [0.5, 0.6) is 0 Å². The van der Waals surface area contributed by atoms with Gasteiger partial charge in [0.2, 0.25) is 0 Å². The molecule has 21 heavy (non-hydrogen) atoms. The Morgan fingerprint density at radius 1 is 1.24 bits per heavy atom. The van der Waals surface area contributed by atoms with Crippen LogP contribution in [0.15, 0.2) is 42.5 Å². The predicted octanol–water partition coefficient (Wildman–Crippen LogP) is 3.21. The fraction of sp³-hybridized carbons (Fsp3) is 0.188. The van der Waals surface area contributed by atoms with Gasteiger partial charge in [-0.05, 0) is 48.4 Å². The molecular formula is C16H18ClN3O. The fourth-order valence-corrected chi connectivity index (χ4v) is 2.26. The number of nitrogen functional groups attached to an aromatic ring is 1. The van der Waals surface area contributed by atoms with E-state index in [1.54, 1.807) is 24.1 Å². The summed E-state index contributed by atoms with van der Waals surface area (Å²) in [5.74, 6) is 5.34. The molecule has 4 nitrogen and oxygen atoms in total. The molecule has 0 saturated heterocycles. The molecule has 0 saturated carbocycles. The first kappa shape index (κ1) is 15.4. The number of halogens is 1. The summed E-state index contributed by atoms with van der Waals surface area (Å²) in [7, 11) is 1.78. The van der Waals surface area contributed by atoms with Crippen LogP contribution >= 0.6 is 11.6 Å². The third-order valence-corrected chi connectivity index (χ3v) is 3.56. The molecule has 0 aromatic heterocycles. The number of benzene rings is 2. The molecule has 2 rings (SSSR count). The number of carbonyl (C=O) groups is 1. The van der Waals surface area contributed by atoms with Gasteiger partial charge in [-0.2, -0.15) is 0 Å². The van der Waals surface area contributed by atoms with E-state index in [2.05, 4.69) is 5.43 Å². The molecule has 0 aliphatic heterocycles. The van der Waals surface area contributed by atoms with Crippen molar-refractivity contribution >= 4 is 23.2 Å². The smallest absolute Gasteiger partial charge is 0.254 e. The van der Waals surface area contributed by atoms with Crippen LogP contribution in [0.3, 0.4) is 0 Å². The van der Waals surface area contributed by atoms with Gasteiger partial charge in [-0.25, -0.2) is 0 Å². The predicted molar refractivity (Wildman–Crippen MR) is 86.2 cm³/mol. The lowest BCUT2D eigenvalue weighted by molar-refractivity contribution is 0.0784. The molecule has 0 fully saturated rings. The van der Waals surface area contributed by atoms with Crippen molar-refractivity contribution in [3.63, 3.8) is 0 Å². The molecule has 110 valence electrons. The largest absolute Gasteiger partial charge is 0.337 e. The van der Waals surface area contributed by atoms with E-state index in [1.165, 1.54) is 0 Å². The van der Waals surface area contributed by atoms with Crippen LogP contribution in [0.4, 0.5) is 5.69 Å². The Kier molecular flexibility index (Phi) is 4.83. The second kappa shape index (κ2) is 6.61. The molecule has 0 spiro atoms. The van der Waals surface area contributed by atoms with Crippen LogP contribution in [0.1, 0.15) is 21.5 Å². The van der Waals surface area contributed by atoms with Gasteiger partial charge in [-0.15, -0.1) is 0 Å². The number of hydrazine groups is 1. The zero-order valence-electron chi connectivity index (χ0n) is 12.1. The summed E-state index contributed by atoms with van der Waals surface area (Å²) in [5.41, 5.74) is 5.95. The highest BCUT2D eigenvalue weighted by Gasteiger charge is 2.14. The van der Waals surface area contributed by atoms with Crippen molar-refractivity contribution in [2.45, 2.75) is 13.5 Å². The number of hydrogen-bond donors (Lipinski definition) is 2. The standard InChI is InChI=1S/C16H18ClN3O/c1-11-9-14(19-18)7-8-15(11)16(21)20(2)10-12-3-5-13(17)6-4-12/h3-9,19H,10,18H2,1-2H3. The number of aryl methyl sites for hydroxylation is 1. The van der Waals surface area contributed by atoms with E-state index in [0.717, 1.165) is 16.8 Å². The quantitative estimate of drug-likeness (QED) is 0.673. The van der Waals surface area contributed by atoms with Crippen LogP contribution in [0.2, 0.25) is 5.02 Å². The lowest BCUT2D eigenvalue weighted by atomic mass is 10.1. The van der Waals surface area contributed by atoms with Crippen LogP contribution in [-0.4, -0.2) is 17.9 Å². The maximum Gasteiger partial charge on any atom is 0.254 e. The Labute approximate surface area is 129 Å². The minimum Gasteiger partial charge on any atom is -0.337 e. The molecule has 0 radical (unpaired) electrons. The summed E-state index contributed by atoms with van der Waals surface area (Å²) in [6.45, 7) is 2.43. The van der Waals surface area contributed by atoms with Crippen molar-refractivity contribution in [3.8, 4) is 0 Å². The van der Waals surface area contributed by atoms with Gasteiger partial charge in [0, 0.05) is 29.9 Å². The van der Waals surface area contributed by atoms with Crippen molar-refractivity contribution in [2.75, 3.05) is 12.5 Å². The van der Waals surface area contributed by atoms with Crippen molar-refractivity contribution in [3.05, 3.63) is 64.2 Å². The average Bonchev–Trinajstić information content (AvgIpc) is 2.48. The van der Waals surface area contributed by atoms with E-state index in [0.29, 0.717) is 17.1 Å². The molecule has 0 bridgehead atoms. The topological polar surface area (TPSA) is 58.4 Å². The van der Waals surface area contributed by atoms with E-state index in [1.807, 2.05) is 37.3 Å². The summed E-state index contributed by atoms with van der Waals surface area (Å²) in [4.78, 5) is 14.2. The van der Waals surface area contributed by atoms with Crippen LogP contribution in [0, 0.1) is 6.92 Å². The number of amides is 1. The van der Waals surface area contributed by atoms with Gasteiger partial charge >= 0.3 is 0 Å². The zero-order valence-corrected chi connectivity index (χ0v) is 12.8. The number of rotatable bonds is 4. The minimum absolute atomic E-state index is 0.0222. The number of anilines is 1. The summed E-state index contributed by atoms with van der Waals surface area (Å²) < 4.78 is 0. The fourth-order valence-electron chi connectivity index (χ4n) is 2.13. The summed E-state index contributed by atoms with van der Waals surface area (Å²) >= 11 is 5.86. The normalized spacial score (nSPS) is 10.3. The third-order valence-electron chi connectivity index (χ3n) is 3.30. The molecule has 0 heterocycles. The first-order valence-corrected chi connectivity index (χ1v) is 6.96.